The summed E-state index contributed by atoms with van der Waals surface area (Å²) in [4.78, 5) is 24.5. The molecule has 37 heavy (non-hydrogen) atoms. The maximum Gasteiger partial charge on any atom is 0.339 e. The molecule has 4 rings (SSSR count). The lowest BCUT2D eigenvalue weighted by atomic mass is 10.1. The van der Waals surface area contributed by atoms with E-state index in [0.29, 0.717) is 42.6 Å². The summed E-state index contributed by atoms with van der Waals surface area (Å²) < 4.78 is 21.8. The molecule has 1 N–H and O–H groups in total. The highest BCUT2D eigenvalue weighted by molar-refractivity contribution is 6.01. The molecular weight excluding hydrogens is 470 g/mol. The largest absolute Gasteiger partial charge is 0.491 e. The number of para-hydroxylation sites is 1. The van der Waals surface area contributed by atoms with Crippen molar-refractivity contribution in [3.8, 4) is 17.2 Å². The fourth-order valence-corrected chi connectivity index (χ4v) is 3.79. The first kappa shape index (κ1) is 25.7. The Morgan fingerprint density at radius 1 is 0.784 bits per heavy atom. The summed E-state index contributed by atoms with van der Waals surface area (Å²) in [5, 5.41) is 4.87. The lowest BCUT2D eigenvalue weighted by molar-refractivity contribution is -0.115. The number of ether oxygens (including phenoxy) is 4. The summed E-state index contributed by atoms with van der Waals surface area (Å²) in [6, 6.07) is 25.9. The summed E-state index contributed by atoms with van der Waals surface area (Å²) in [5.74, 6) is 1.44. The minimum absolute atomic E-state index is 0.154. The van der Waals surface area contributed by atoms with E-state index >= 15 is 0 Å². The second-order valence-corrected chi connectivity index (χ2v) is 8.22. The molecule has 0 aromatic heterocycles. The highest BCUT2D eigenvalue weighted by Gasteiger charge is 2.13. The topological polar surface area (TPSA) is 83.1 Å². The van der Waals surface area contributed by atoms with Gasteiger partial charge < -0.3 is 24.3 Å². The average molecular weight is 500 g/mol. The van der Waals surface area contributed by atoms with E-state index in [0.717, 1.165) is 22.1 Å². The van der Waals surface area contributed by atoms with E-state index in [1.54, 1.807) is 24.3 Å². The van der Waals surface area contributed by atoms with Crippen LogP contribution in [0.1, 0.15) is 22.8 Å². The van der Waals surface area contributed by atoms with E-state index < -0.39 is 5.97 Å². The van der Waals surface area contributed by atoms with Crippen molar-refractivity contribution >= 4 is 28.3 Å². The summed E-state index contributed by atoms with van der Waals surface area (Å²) in [6.45, 7) is 3.71. The molecule has 4 aromatic carbocycles. The van der Waals surface area contributed by atoms with Gasteiger partial charge in [0.25, 0.3) is 0 Å². The summed E-state index contributed by atoms with van der Waals surface area (Å²) >= 11 is 0. The number of hydrogen-bond acceptors (Lipinski definition) is 6. The molecule has 0 bridgehead atoms. The molecule has 0 unspecified atom stereocenters. The van der Waals surface area contributed by atoms with Gasteiger partial charge in [0.1, 0.15) is 23.9 Å². The molecule has 190 valence electrons. The molecule has 7 heteroatoms. The van der Waals surface area contributed by atoms with Crippen LogP contribution in [0, 0.1) is 0 Å². The van der Waals surface area contributed by atoms with Crippen LogP contribution in [0.2, 0.25) is 0 Å². The normalized spacial score (nSPS) is 10.6. The number of benzene rings is 4. The van der Waals surface area contributed by atoms with Crippen molar-refractivity contribution in [2.45, 2.75) is 13.3 Å². The van der Waals surface area contributed by atoms with Crippen molar-refractivity contribution in [2.24, 2.45) is 0 Å². The maximum atomic E-state index is 12.5. The Balaban J connectivity index is 1.35. The van der Waals surface area contributed by atoms with Gasteiger partial charge in [-0.2, -0.15) is 0 Å². The van der Waals surface area contributed by atoms with Crippen LogP contribution in [0.15, 0.2) is 84.9 Å². The number of fused-ring (bicyclic) bond motifs is 1. The third-order valence-electron chi connectivity index (χ3n) is 5.61. The number of nitrogens with one attached hydrogen (secondary N) is 1. The number of methoxy groups -OCH3 is 1. The van der Waals surface area contributed by atoms with Crippen molar-refractivity contribution in [2.75, 3.05) is 32.2 Å². The molecule has 0 fully saturated rings. The third-order valence-corrected chi connectivity index (χ3v) is 5.61. The van der Waals surface area contributed by atoms with Gasteiger partial charge in [0.15, 0.2) is 0 Å². The number of anilines is 1. The van der Waals surface area contributed by atoms with E-state index in [9.17, 15) is 9.59 Å². The predicted octanol–water partition coefficient (Wildman–Crippen LogP) is 6.02. The van der Waals surface area contributed by atoms with Gasteiger partial charge in [-0.1, -0.05) is 36.4 Å². The van der Waals surface area contributed by atoms with E-state index in [1.807, 2.05) is 67.6 Å². The second-order valence-electron chi connectivity index (χ2n) is 8.22. The number of esters is 1. The molecule has 0 saturated heterocycles. The Morgan fingerprint density at radius 2 is 1.46 bits per heavy atom. The summed E-state index contributed by atoms with van der Waals surface area (Å²) in [6.07, 6.45) is 0.154. The van der Waals surface area contributed by atoms with E-state index in [2.05, 4.69) is 5.32 Å². The van der Waals surface area contributed by atoms with Crippen LogP contribution < -0.4 is 14.8 Å². The van der Waals surface area contributed by atoms with Crippen LogP contribution in [-0.2, 0) is 20.7 Å². The van der Waals surface area contributed by atoms with Crippen molar-refractivity contribution in [3.63, 3.8) is 0 Å². The SMILES string of the molecule is CCOCCOc1ccc2cc(Oc3ccc(CC(=O)Nc4ccccc4C(=O)OC)cc3)ccc2c1. The zero-order valence-corrected chi connectivity index (χ0v) is 20.9. The van der Waals surface area contributed by atoms with Gasteiger partial charge in [-0.15, -0.1) is 0 Å². The zero-order valence-electron chi connectivity index (χ0n) is 20.9. The lowest BCUT2D eigenvalue weighted by Crippen LogP contribution is -2.17. The van der Waals surface area contributed by atoms with Crippen LogP contribution in [0.4, 0.5) is 5.69 Å². The minimum atomic E-state index is -0.502. The summed E-state index contributed by atoms with van der Waals surface area (Å²) in [5.41, 5.74) is 1.54. The maximum absolute atomic E-state index is 12.5. The van der Waals surface area contributed by atoms with Gasteiger partial charge in [0, 0.05) is 6.61 Å². The van der Waals surface area contributed by atoms with Gasteiger partial charge in [-0.25, -0.2) is 4.79 Å². The van der Waals surface area contributed by atoms with Gasteiger partial charge in [-0.3, -0.25) is 4.79 Å². The monoisotopic (exact) mass is 499 g/mol. The molecule has 0 aliphatic rings. The van der Waals surface area contributed by atoms with Crippen molar-refractivity contribution in [3.05, 3.63) is 96.1 Å². The quantitative estimate of drug-likeness (QED) is 0.201. The number of carbonyl (C=O) groups excluding carboxylic acids is 2. The van der Waals surface area contributed by atoms with Crippen molar-refractivity contribution < 1.29 is 28.5 Å². The fourth-order valence-electron chi connectivity index (χ4n) is 3.79. The van der Waals surface area contributed by atoms with Crippen LogP contribution in [0.3, 0.4) is 0 Å². The fraction of sp³-hybridized carbons (Fsp3) is 0.200. The number of hydrogen-bond donors (Lipinski definition) is 1. The van der Waals surface area contributed by atoms with Crippen molar-refractivity contribution in [1.82, 2.24) is 0 Å². The zero-order chi connectivity index (χ0) is 26.0. The molecule has 0 heterocycles. The molecule has 0 spiro atoms. The first-order valence-corrected chi connectivity index (χ1v) is 12.0. The Morgan fingerprint density at radius 3 is 2.19 bits per heavy atom. The molecule has 0 saturated carbocycles. The van der Waals surface area contributed by atoms with Gasteiger partial charge in [-0.05, 0) is 71.8 Å². The van der Waals surface area contributed by atoms with E-state index in [4.69, 9.17) is 18.9 Å². The number of amides is 1. The lowest BCUT2D eigenvalue weighted by Gasteiger charge is -2.11. The third kappa shape index (κ3) is 7.08. The van der Waals surface area contributed by atoms with E-state index in [1.165, 1.54) is 7.11 Å². The standard InChI is InChI=1S/C30H29NO6/c1-3-35-16-17-36-25-14-10-23-20-26(15-11-22(23)19-25)37-24-12-8-21(9-13-24)18-29(32)31-28-7-5-4-6-27(28)30(33)34-2/h4-15,19-20H,3,16-18H2,1-2H3,(H,31,32). The molecule has 0 aliphatic carbocycles. The molecule has 0 aliphatic heterocycles. The Bertz CT molecular complexity index is 1370. The van der Waals surface area contributed by atoms with E-state index in [-0.39, 0.29) is 12.3 Å². The molecule has 1 amide bonds. The molecule has 7 nitrogen and oxygen atoms in total. The number of carbonyl (C=O) groups is 2. The smallest absolute Gasteiger partial charge is 0.339 e. The first-order chi connectivity index (χ1) is 18.1. The molecule has 4 aromatic rings. The van der Waals surface area contributed by atoms with Crippen molar-refractivity contribution in [1.29, 1.82) is 0 Å². The Labute approximate surface area is 215 Å². The highest BCUT2D eigenvalue weighted by atomic mass is 16.5. The minimum Gasteiger partial charge on any atom is -0.491 e. The van der Waals surface area contributed by atoms with Crippen LogP contribution in [0.25, 0.3) is 10.8 Å². The molecular formula is C30H29NO6. The predicted molar refractivity (Wildman–Crippen MR) is 143 cm³/mol. The first-order valence-electron chi connectivity index (χ1n) is 12.0. The van der Waals surface area contributed by atoms with Gasteiger partial charge in [0.05, 0.1) is 31.4 Å². The van der Waals surface area contributed by atoms with Crippen LogP contribution in [-0.4, -0.2) is 38.8 Å². The van der Waals surface area contributed by atoms with Crippen LogP contribution in [0.5, 0.6) is 17.2 Å². The van der Waals surface area contributed by atoms with Crippen LogP contribution >= 0.6 is 0 Å². The average Bonchev–Trinajstić information content (AvgIpc) is 2.92. The summed E-state index contributed by atoms with van der Waals surface area (Å²) in [7, 11) is 1.31. The molecule has 0 radical (unpaired) electrons. The highest BCUT2D eigenvalue weighted by Crippen LogP contribution is 2.28. The van der Waals surface area contributed by atoms with Gasteiger partial charge in [0.2, 0.25) is 5.91 Å². The van der Waals surface area contributed by atoms with Gasteiger partial charge >= 0.3 is 5.97 Å². The number of rotatable bonds is 11. The second kappa shape index (κ2) is 12.6. The Hall–Kier alpha value is -4.36. The Kier molecular flexibility index (Phi) is 8.73. The molecule has 0 atom stereocenters.